The van der Waals surface area contributed by atoms with Crippen molar-refractivity contribution >= 4 is 15.7 Å². The Bertz CT molecular complexity index is 611. The molecule has 1 aliphatic heterocycles. The van der Waals surface area contributed by atoms with Gasteiger partial charge in [0.15, 0.2) is 0 Å². The smallest absolute Gasteiger partial charge is 0.243 e. The van der Waals surface area contributed by atoms with Crippen LogP contribution in [0.3, 0.4) is 0 Å². The van der Waals surface area contributed by atoms with E-state index in [0.29, 0.717) is 29.2 Å². The lowest BCUT2D eigenvalue weighted by Gasteiger charge is -2.44. The highest BCUT2D eigenvalue weighted by atomic mass is 32.2. The summed E-state index contributed by atoms with van der Waals surface area (Å²) in [7, 11) is -1.46. The van der Waals surface area contributed by atoms with Crippen LogP contribution in [0.15, 0.2) is 23.1 Å². The molecule has 2 N–H and O–H groups in total. The van der Waals surface area contributed by atoms with E-state index in [2.05, 4.69) is 18.7 Å². The number of piperazine rings is 1. The lowest BCUT2D eigenvalue weighted by molar-refractivity contribution is 0.0801. The van der Waals surface area contributed by atoms with Gasteiger partial charge in [0, 0.05) is 30.9 Å². The molecule has 0 spiro atoms. The van der Waals surface area contributed by atoms with Crippen molar-refractivity contribution in [3.8, 4) is 0 Å². The highest BCUT2D eigenvalue weighted by molar-refractivity contribution is 7.89. The van der Waals surface area contributed by atoms with Gasteiger partial charge in [-0.3, -0.25) is 4.90 Å². The van der Waals surface area contributed by atoms with Crippen molar-refractivity contribution in [1.29, 1.82) is 0 Å². The second kappa shape index (κ2) is 5.02. The number of likely N-dealkylation sites (N-methyl/N-ethyl adjacent to an activating group) is 1. The van der Waals surface area contributed by atoms with Crippen LogP contribution in [0.25, 0.3) is 0 Å². The van der Waals surface area contributed by atoms with Gasteiger partial charge in [-0.05, 0) is 45.5 Å². The summed E-state index contributed by atoms with van der Waals surface area (Å²) in [5.41, 5.74) is 6.81. The van der Waals surface area contributed by atoms with E-state index in [4.69, 9.17) is 5.73 Å². The number of anilines is 1. The molecular formula is C14H23N3O2S. The molecule has 0 amide bonds. The van der Waals surface area contributed by atoms with E-state index in [1.54, 1.807) is 29.4 Å². The molecule has 1 fully saturated rings. The average molecular weight is 297 g/mol. The van der Waals surface area contributed by atoms with Gasteiger partial charge < -0.3 is 5.73 Å². The van der Waals surface area contributed by atoms with E-state index in [1.807, 2.05) is 7.05 Å². The quantitative estimate of drug-likeness (QED) is 0.835. The molecule has 0 aromatic heterocycles. The molecule has 20 heavy (non-hydrogen) atoms. The molecule has 1 heterocycles. The van der Waals surface area contributed by atoms with Gasteiger partial charge >= 0.3 is 0 Å². The zero-order valence-electron chi connectivity index (χ0n) is 12.5. The molecular weight excluding hydrogens is 274 g/mol. The number of hydrogen-bond acceptors (Lipinski definition) is 4. The van der Waals surface area contributed by atoms with Crippen LogP contribution in [-0.4, -0.2) is 49.8 Å². The summed E-state index contributed by atoms with van der Waals surface area (Å²) < 4.78 is 27.2. The molecule has 0 unspecified atom stereocenters. The summed E-state index contributed by atoms with van der Waals surface area (Å²) in [5.74, 6) is 0. The first-order valence-electron chi connectivity index (χ1n) is 6.73. The average Bonchev–Trinajstić information content (AvgIpc) is 2.35. The normalized spacial score (nSPS) is 21.0. The van der Waals surface area contributed by atoms with E-state index in [1.165, 1.54) is 0 Å². The van der Waals surface area contributed by atoms with Crippen molar-refractivity contribution < 1.29 is 8.42 Å². The van der Waals surface area contributed by atoms with E-state index in [9.17, 15) is 8.42 Å². The Kier molecular flexibility index (Phi) is 3.83. The minimum Gasteiger partial charge on any atom is -0.398 e. The first-order valence-corrected chi connectivity index (χ1v) is 8.17. The molecule has 0 aliphatic carbocycles. The predicted molar refractivity (Wildman–Crippen MR) is 81.1 cm³/mol. The van der Waals surface area contributed by atoms with Gasteiger partial charge in [0.2, 0.25) is 10.0 Å². The monoisotopic (exact) mass is 297 g/mol. The van der Waals surface area contributed by atoms with Gasteiger partial charge in [0.05, 0.1) is 4.90 Å². The van der Waals surface area contributed by atoms with Gasteiger partial charge in [0.25, 0.3) is 0 Å². The lowest BCUT2D eigenvalue weighted by Crippen LogP contribution is -2.58. The van der Waals surface area contributed by atoms with Crippen LogP contribution in [0.5, 0.6) is 0 Å². The molecule has 1 saturated heterocycles. The fourth-order valence-corrected chi connectivity index (χ4v) is 4.29. The zero-order chi connectivity index (χ0) is 15.1. The van der Waals surface area contributed by atoms with E-state index in [-0.39, 0.29) is 5.54 Å². The van der Waals surface area contributed by atoms with Crippen LogP contribution < -0.4 is 5.73 Å². The molecule has 0 saturated carbocycles. The van der Waals surface area contributed by atoms with Crippen LogP contribution in [0.4, 0.5) is 5.69 Å². The first kappa shape index (κ1) is 15.3. The predicted octanol–water partition coefficient (Wildman–Crippen LogP) is 1.29. The van der Waals surface area contributed by atoms with Crippen molar-refractivity contribution in [3.05, 3.63) is 23.8 Å². The molecule has 0 atom stereocenters. The summed E-state index contributed by atoms with van der Waals surface area (Å²) in [5, 5.41) is 0. The van der Waals surface area contributed by atoms with Crippen LogP contribution in [0, 0.1) is 6.92 Å². The van der Waals surface area contributed by atoms with Crippen molar-refractivity contribution in [3.63, 3.8) is 0 Å². The number of nitrogens with two attached hydrogens (primary N) is 1. The summed E-state index contributed by atoms with van der Waals surface area (Å²) in [6.45, 7) is 7.59. The first-order chi connectivity index (χ1) is 9.16. The van der Waals surface area contributed by atoms with Crippen molar-refractivity contribution in [2.24, 2.45) is 0 Å². The lowest BCUT2D eigenvalue weighted by atomic mass is 10.0. The second-order valence-electron chi connectivity index (χ2n) is 6.04. The third-order valence-electron chi connectivity index (χ3n) is 4.23. The SMILES string of the molecule is Cc1c(N)cccc1S(=O)(=O)N1CCN(C)C(C)(C)C1. The Balaban J connectivity index is 2.39. The Morgan fingerprint density at radius 3 is 2.50 bits per heavy atom. The number of sulfonamides is 1. The van der Waals surface area contributed by atoms with Crippen molar-refractivity contribution in [2.75, 3.05) is 32.4 Å². The summed E-state index contributed by atoms with van der Waals surface area (Å²) in [4.78, 5) is 2.50. The maximum Gasteiger partial charge on any atom is 0.243 e. The highest BCUT2D eigenvalue weighted by Gasteiger charge is 2.37. The van der Waals surface area contributed by atoms with Gasteiger partial charge in [-0.15, -0.1) is 0 Å². The van der Waals surface area contributed by atoms with Crippen LogP contribution in [0.2, 0.25) is 0 Å². The van der Waals surface area contributed by atoms with E-state index < -0.39 is 10.0 Å². The second-order valence-corrected chi connectivity index (χ2v) is 7.95. The number of benzene rings is 1. The van der Waals surface area contributed by atoms with E-state index >= 15 is 0 Å². The number of rotatable bonds is 2. The topological polar surface area (TPSA) is 66.6 Å². The van der Waals surface area contributed by atoms with Crippen molar-refractivity contribution in [2.45, 2.75) is 31.2 Å². The Hall–Kier alpha value is -1.11. The van der Waals surface area contributed by atoms with Gasteiger partial charge in [-0.1, -0.05) is 6.07 Å². The molecule has 5 nitrogen and oxygen atoms in total. The molecule has 112 valence electrons. The van der Waals surface area contributed by atoms with Gasteiger partial charge in [-0.2, -0.15) is 4.31 Å². The molecule has 1 aliphatic rings. The minimum atomic E-state index is -3.48. The van der Waals surface area contributed by atoms with Gasteiger partial charge in [0.1, 0.15) is 0 Å². The standard InChI is InChI=1S/C14H23N3O2S/c1-11-12(15)6-5-7-13(11)20(18,19)17-9-8-16(4)14(2,3)10-17/h5-7H,8-10,15H2,1-4H3. The fraction of sp³-hybridized carbons (Fsp3) is 0.571. The van der Waals surface area contributed by atoms with Crippen LogP contribution in [0.1, 0.15) is 19.4 Å². The molecule has 1 aromatic rings. The largest absolute Gasteiger partial charge is 0.398 e. The Labute approximate surface area is 121 Å². The highest BCUT2D eigenvalue weighted by Crippen LogP contribution is 2.28. The summed E-state index contributed by atoms with van der Waals surface area (Å²) >= 11 is 0. The number of hydrogen-bond donors (Lipinski definition) is 1. The third-order valence-corrected chi connectivity index (χ3v) is 6.21. The maximum atomic E-state index is 12.8. The Morgan fingerprint density at radius 2 is 1.90 bits per heavy atom. The molecule has 2 rings (SSSR count). The zero-order valence-corrected chi connectivity index (χ0v) is 13.4. The molecule has 0 bridgehead atoms. The van der Waals surface area contributed by atoms with Crippen LogP contribution in [-0.2, 0) is 10.0 Å². The minimum absolute atomic E-state index is 0.167. The van der Waals surface area contributed by atoms with E-state index in [0.717, 1.165) is 6.54 Å². The van der Waals surface area contributed by atoms with Crippen molar-refractivity contribution in [1.82, 2.24) is 9.21 Å². The number of nitrogens with zero attached hydrogens (tertiary/aromatic N) is 2. The molecule has 6 heteroatoms. The van der Waals surface area contributed by atoms with Crippen LogP contribution >= 0.6 is 0 Å². The molecule has 0 radical (unpaired) electrons. The Morgan fingerprint density at radius 1 is 1.25 bits per heavy atom. The summed E-state index contributed by atoms with van der Waals surface area (Å²) in [6.07, 6.45) is 0. The molecule has 1 aromatic carbocycles. The summed E-state index contributed by atoms with van der Waals surface area (Å²) in [6, 6.07) is 5.05. The van der Waals surface area contributed by atoms with Gasteiger partial charge in [-0.25, -0.2) is 8.42 Å². The maximum absolute atomic E-state index is 12.8. The fourth-order valence-electron chi connectivity index (χ4n) is 2.45. The number of nitrogen functional groups attached to an aromatic ring is 1. The third kappa shape index (κ3) is 2.55.